The van der Waals surface area contributed by atoms with Crippen molar-refractivity contribution in [2.24, 2.45) is 5.41 Å². The summed E-state index contributed by atoms with van der Waals surface area (Å²) in [6.07, 6.45) is -1.09. The van der Waals surface area contributed by atoms with Crippen LogP contribution in [-0.4, -0.2) is 24.6 Å². The van der Waals surface area contributed by atoms with Gasteiger partial charge in [-0.3, -0.25) is 4.79 Å². The fourth-order valence-corrected chi connectivity index (χ4v) is 2.10. The van der Waals surface area contributed by atoms with Crippen molar-refractivity contribution < 1.29 is 27.8 Å². The molecule has 0 unspecified atom stereocenters. The predicted octanol–water partition coefficient (Wildman–Crippen LogP) is 2.39. The van der Waals surface area contributed by atoms with Crippen LogP contribution in [0.15, 0.2) is 18.2 Å². The van der Waals surface area contributed by atoms with Crippen molar-refractivity contribution in [3.8, 4) is 0 Å². The van der Waals surface area contributed by atoms with Crippen LogP contribution in [0.25, 0.3) is 0 Å². The molecule has 1 aliphatic rings. The molecule has 1 heterocycles. The van der Waals surface area contributed by atoms with Gasteiger partial charge in [-0.05, 0) is 18.1 Å². The first kappa shape index (κ1) is 15.4. The topological polar surface area (TPSA) is 52.6 Å². The molecule has 2 rings (SSSR count). The Hall–Kier alpha value is -1.98. The number of halogens is 2. The van der Waals surface area contributed by atoms with Gasteiger partial charge in [0.2, 0.25) is 6.10 Å². The zero-order valence-corrected chi connectivity index (χ0v) is 11.8. The zero-order valence-electron chi connectivity index (χ0n) is 11.8. The molecule has 0 amide bonds. The van der Waals surface area contributed by atoms with Crippen molar-refractivity contribution >= 4 is 11.9 Å². The van der Waals surface area contributed by atoms with Crippen LogP contribution in [0.4, 0.5) is 8.78 Å². The van der Waals surface area contributed by atoms with Gasteiger partial charge in [0.15, 0.2) is 11.6 Å². The molecule has 1 saturated heterocycles. The van der Waals surface area contributed by atoms with Crippen molar-refractivity contribution in [3.05, 3.63) is 35.4 Å². The van der Waals surface area contributed by atoms with E-state index >= 15 is 0 Å². The molecule has 1 fully saturated rings. The lowest BCUT2D eigenvalue weighted by Crippen LogP contribution is -2.35. The molecule has 0 bridgehead atoms. The van der Waals surface area contributed by atoms with Crippen LogP contribution >= 0.6 is 0 Å². The molecular weight excluding hydrogens is 282 g/mol. The highest BCUT2D eigenvalue weighted by molar-refractivity contribution is 5.81. The molecule has 114 valence electrons. The smallest absolute Gasteiger partial charge is 0.348 e. The van der Waals surface area contributed by atoms with Crippen LogP contribution in [0.2, 0.25) is 0 Å². The minimum atomic E-state index is -0.967. The van der Waals surface area contributed by atoms with Crippen molar-refractivity contribution in [1.82, 2.24) is 0 Å². The number of esters is 2. The Morgan fingerprint density at radius 3 is 2.76 bits per heavy atom. The number of carbonyl (C=O) groups excluding carboxylic acids is 2. The Kier molecular flexibility index (Phi) is 4.25. The molecule has 21 heavy (non-hydrogen) atoms. The summed E-state index contributed by atoms with van der Waals surface area (Å²) in [6.45, 7) is 3.69. The maximum atomic E-state index is 13.4. The Labute approximate surface area is 121 Å². The average molecular weight is 298 g/mol. The minimum Gasteiger partial charge on any atom is -0.462 e. The van der Waals surface area contributed by atoms with Gasteiger partial charge in [0.25, 0.3) is 0 Å². The van der Waals surface area contributed by atoms with E-state index in [1.54, 1.807) is 13.8 Å². The SMILES string of the molecule is CC1(C)COC(=O)[C@@H]1OC(=O)CCc1cccc(F)c1F. The summed E-state index contributed by atoms with van der Waals surface area (Å²) in [5.41, 5.74) is -0.489. The molecule has 0 aliphatic carbocycles. The molecule has 1 aromatic rings. The summed E-state index contributed by atoms with van der Waals surface area (Å²) in [5.74, 6) is -3.15. The zero-order chi connectivity index (χ0) is 15.6. The Morgan fingerprint density at radius 2 is 2.14 bits per heavy atom. The Bertz CT molecular complexity index is 569. The van der Waals surface area contributed by atoms with Crippen molar-refractivity contribution in [3.63, 3.8) is 0 Å². The van der Waals surface area contributed by atoms with Crippen LogP contribution in [0, 0.1) is 17.0 Å². The number of hydrogen-bond donors (Lipinski definition) is 0. The van der Waals surface area contributed by atoms with E-state index in [2.05, 4.69) is 0 Å². The van der Waals surface area contributed by atoms with E-state index in [1.807, 2.05) is 0 Å². The van der Waals surface area contributed by atoms with Gasteiger partial charge in [0.1, 0.15) is 6.61 Å². The molecule has 1 aliphatic heterocycles. The summed E-state index contributed by atoms with van der Waals surface area (Å²) in [4.78, 5) is 23.2. The third kappa shape index (κ3) is 3.37. The van der Waals surface area contributed by atoms with Crippen LogP contribution in [0.3, 0.4) is 0 Å². The lowest BCUT2D eigenvalue weighted by molar-refractivity contribution is -0.163. The second-order valence-electron chi connectivity index (χ2n) is 5.68. The number of cyclic esters (lactones) is 1. The van der Waals surface area contributed by atoms with Gasteiger partial charge in [0, 0.05) is 11.8 Å². The summed E-state index contributed by atoms with van der Waals surface area (Å²) in [5, 5.41) is 0. The van der Waals surface area contributed by atoms with E-state index in [4.69, 9.17) is 9.47 Å². The molecular formula is C15H16F2O4. The van der Waals surface area contributed by atoms with Gasteiger partial charge < -0.3 is 9.47 Å². The summed E-state index contributed by atoms with van der Waals surface area (Å²) in [6, 6.07) is 3.78. The minimum absolute atomic E-state index is 0.00459. The maximum absolute atomic E-state index is 13.4. The van der Waals surface area contributed by atoms with E-state index in [-0.39, 0.29) is 25.0 Å². The standard InChI is InChI=1S/C15H16F2O4/c1-15(2)8-20-14(19)13(15)21-11(18)7-6-9-4-3-5-10(16)12(9)17/h3-5,13H,6-8H2,1-2H3/t13-/m0/s1. The molecule has 6 heteroatoms. The number of carbonyl (C=O) groups is 2. The molecule has 0 N–H and O–H groups in total. The number of hydrogen-bond acceptors (Lipinski definition) is 4. The number of rotatable bonds is 4. The first-order valence-electron chi connectivity index (χ1n) is 6.60. The predicted molar refractivity (Wildman–Crippen MR) is 69.3 cm³/mol. The normalized spacial score (nSPS) is 20.2. The lowest BCUT2D eigenvalue weighted by atomic mass is 9.90. The lowest BCUT2D eigenvalue weighted by Gasteiger charge is -2.21. The van der Waals surface area contributed by atoms with Gasteiger partial charge in [-0.15, -0.1) is 0 Å². The van der Waals surface area contributed by atoms with E-state index in [0.717, 1.165) is 6.07 Å². The monoisotopic (exact) mass is 298 g/mol. The molecule has 1 atom stereocenters. The summed E-state index contributed by atoms with van der Waals surface area (Å²) in [7, 11) is 0. The third-order valence-corrected chi connectivity index (χ3v) is 3.39. The van der Waals surface area contributed by atoms with Crippen molar-refractivity contribution in [2.45, 2.75) is 32.8 Å². The largest absolute Gasteiger partial charge is 0.462 e. The van der Waals surface area contributed by atoms with E-state index in [0.29, 0.717) is 0 Å². The second-order valence-corrected chi connectivity index (χ2v) is 5.68. The third-order valence-electron chi connectivity index (χ3n) is 3.39. The highest BCUT2D eigenvalue weighted by atomic mass is 19.2. The molecule has 0 aromatic heterocycles. The van der Waals surface area contributed by atoms with Gasteiger partial charge >= 0.3 is 11.9 Å². The Morgan fingerprint density at radius 1 is 1.43 bits per heavy atom. The number of ether oxygens (including phenoxy) is 2. The fourth-order valence-electron chi connectivity index (χ4n) is 2.10. The number of benzene rings is 1. The van der Waals surface area contributed by atoms with E-state index < -0.39 is 35.1 Å². The highest BCUT2D eigenvalue weighted by Gasteiger charge is 2.46. The van der Waals surface area contributed by atoms with Crippen LogP contribution in [-0.2, 0) is 25.5 Å². The van der Waals surface area contributed by atoms with Crippen LogP contribution < -0.4 is 0 Å². The van der Waals surface area contributed by atoms with Crippen molar-refractivity contribution in [1.29, 1.82) is 0 Å². The van der Waals surface area contributed by atoms with E-state index in [1.165, 1.54) is 12.1 Å². The van der Waals surface area contributed by atoms with Gasteiger partial charge in [-0.2, -0.15) is 0 Å². The molecule has 1 aromatic carbocycles. The molecule has 0 saturated carbocycles. The molecule has 4 nitrogen and oxygen atoms in total. The quantitative estimate of drug-likeness (QED) is 0.801. The second kappa shape index (κ2) is 5.79. The summed E-state index contributed by atoms with van der Waals surface area (Å²) >= 11 is 0. The number of aryl methyl sites for hydroxylation is 1. The first-order chi connectivity index (χ1) is 9.81. The first-order valence-corrected chi connectivity index (χ1v) is 6.60. The van der Waals surface area contributed by atoms with Gasteiger partial charge in [-0.1, -0.05) is 26.0 Å². The highest BCUT2D eigenvalue weighted by Crippen LogP contribution is 2.31. The molecule has 0 radical (unpaired) electrons. The maximum Gasteiger partial charge on any atom is 0.348 e. The Balaban J connectivity index is 1.94. The molecule has 0 spiro atoms. The fraction of sp³-hybridized carbons (Fsp3) is 0.467. The van der Waals surface area contributed by atoms with Crippen molar-refractivity contribution in [2.75, 3.05) is 6.61 Å². The van der Waals surface area contributed by atoms with Gasteiger partial charge in [0.05, 0.1) is 0 Å². The average Bonchev–Trinajstić information content (AvgIpc) is 2.67. The van der Waals surface area contributed by atoms with E-state index in [9.17, 15) is 18.4 Å². The van der Waals surface area contributed by atoms with Gasteiger partial charge in [-0.25, -0.2) is 13.6 Å². The summed E-state index contributed by atoms with van der Waals surface area (Å²) < 4.78 is 36.4. The van der Waals surface area contributed by atoms with Crippen LogP contribution in [0.5, 0.6) is 0 Å². The van der Waals surface area contributed by atoms with Crippen LogP contribution in [0.1, 0.15) is 25.8 Å².